The summed E-state index contributed by atoms with van der Waals surface area (Å²) < 4.78 is 0. The molecule has 3 nitrogen and oxygen atoms in total. The van der Waals surface area contributed by atoms with Gasteiger partial charge in [0.05, 0.1) is 5.69 Å². The molecule has 74 valence electrons. The van der Waals surface area contributed by atoms with Crippen LogP contribution in [-0.4, -0.2) is 16.1 Å². The van der Waals surface area contributed by atoms with Gasteiger partial charge in [0.15, 0.2) is 0 Å². The fourth-order valence-electron chi connectivity index (χ4n) is 1.83. The summed E-state index contributed by atoms with van der Waals surface area (Å²) in [6.07, 6.45) is 3.98. The molecule has 1 heterocycles. The Morgan fingerprint density at radius 1 is 1.64 bits per heavy atom. The predicted molar refractivity (Wildman–Crippen MR) is 52.2 cm³/mol. The molecular weight excluding hydrogens is 178 g/mol. The van der Waals surface area contributed by atoms with E-state index in [4.69, 9.17) is 5.11 Å². The second kappa shape index (κ2) is 3.08. The van der Waals surface area contributed by atoms with Crippen LogP contribution in [0.4, 0.5) is 0 Å². The van der Waals surface area contributed by atoms with Crippen LogP contribution < -0.4 is 0 Å². The average Bonchev–Trinajstić information content (AvgIpc) is 2.98. The maximum Gasteiger partial charge on any atom is 0.315 e. The van der Waals surface area contributed by atoms with E-state index < -0.39 is 11.4 Å². The molecule has 0 saturated heterocycles. The Labute approximate surface area is 82.8 Å². The lowest BCUT2D eigenvalue weighted by Gasteiger charge is -2.12. The third kappa shape index (κ3) is 1.20. The highest BCUT2D eigenvalue weighted by Crippen LogP contribution is 2.48. The molecule has 0 unspecified atom stereocenters. The van der Waals surface area contributed by atoms with Gasteiger partial charge >= 0.3 is 5.97 Å². The van der Waals surface area contributed by atoms with Crippen LogP contribution in [0.15, 0.2) is 18.3 Å². The highest BCUT2D eigenvalue weighted by molar-refractivity contribution is 5.84. The van der Waals surface area contributed by atoms with Crippen LogP contribution in [0.25, 0.3) is 0 Å². The number of aromatic nitrogens is 1. The van der Waals surface area contributed by atoms with E-state index in [2.05, 4.69) is 4.98 Å². The summed E-state index contributed by atoms with van der Waals surface area (Å²) in [5.74, 6) is -0.731. The van der Waals surface area contributed by atoms with Crippen LogP contribution in [0, 0.1) is 0 Å². The van der Waals surface area contributed by atoms with Crippen molar-refractivity contribution in [1.82, 2.24) is 4.98 Å². The lowest BCUT2D eigenvalue weighted by molar-refractivity contribution is -0.140. The van der Waals surface area contributed by atoms with Crippen molar-refractivity contribution in [1.29, 1.82) is 0 Å². The first-order chi connectivity index (χ1) is 6.70. The van der Waals surface area contributed by atoms with E-state index in [9.17, 15) is 4.79 Å². The van der Waals surface area contributed by atoms with Gasteiger partial charge in [0.2, 0.25) is 0 Å². The first-order valence-corrected chi connectivity index (χ1v) is 4.88. The van der Waals surface area contributed by atoms with Gasteiger partial charge in [-0.3, -0.25) is 9.78 Å². The number of carboxylic acid groups (broad SMARTS) is 1. The summed E-state index contributed by atoms with van der Waals surface area (Å²) in [6.45, 7) is 2.03. The SMILES string of the molecule is CCc1cccnc1C1(C(=O)O)CC1. The van der Waals surface area contributed by atoms with Gasteiger partial charge in [0.1, 0.15) is 5.41 Å². The third-order valence-electron chi connectivity index (χ3n) is 2.88. The number of pyridine rings is 1. The van der Waals surface area contributed by atoms with E-state index >= 15 is 0 Å². The van der Waals surface area contributed by atoms with Crippen molar-refractivity contribution >= 4 is 5.97 Å². The van der Waals surface area contributed by atoms with Gasteiger partial charge in [0, 0.05) is 6.20 Å². The Morgan fingerprint density at radius 2 is 2.36 bits per heavy atom. The monoisotopic (exact) mass is 191 g/mol. The minimum Gasteiger partial charge on any atom is -0.481 e. The number of aliphatic carboxylic acids is 1. The number of carbonyl (C=O) groups is 1. The molecule has 1 aliphatic rings. The molecule has 0 spiro atoms. The molecular formula is C11H13NO2. The van der Waals surface area contributed by atoms with Crippen molar-refractivity contribution in [3.05, 3.63) is 29.6 Å². The largest absolute Gasteiger partial charge is 0.481 e. The van der Waals surface area contributed by atoms with Crippen LogP contribution in [-0.2, 0) is 16.6 Å². The van der Waals surface area contributed by atoms with Crippen LogP contribution in [0.5, 0.6) is 0 Å². The van der Waals surface area contributed by atoms with Crippen molar-refractivity contribution in [2.24, 2.45) is 0 Å². The van der Waals surface area contributed by atoms with Gasteiger partial charge in [-0.05, 0) is 30.9 Å². The Hall–Kier alpha value is -1.38. The summed E-state index contributed by atoms with van der Waals surface area (Å²) in [5, 5.41) is 9.14. The summed E-state index contributed by atoms with van der Waals surface area (Å²) in [6, 6.07) is 3.83. The predicted octanol–water partition coefficient (Wildman–Crippen LogP) is 1.76. The van der Waals surface area contributed by atoms with Gasteiger partial charge in [-0.25, -0.2) is 0 Å². The highest BCUT2D eigenvalue weighted by Gasteiger charge is 2.53. The van der Waals surface area contributed by atoms with E-state index in [0.717, 1.165) is 30.5 Å². The van der Waals surface area contributed by atoms with Gasteiger partial charge in [0.25, 0.3) is 0 Å². The zero-order chi connectivity index (χ0) is 10.2. The van der Waals surface area contributed by atoms with Gasteiger partial charge in [-0.2, -0.15) is 0 Å². The zero-order valence-electron chi connectivity index (χ0n) is 8.16. The molecule has 3 heteroatoms. The zero-order valence-corrected chi connectivity index (χ0v) is 8.16. The summed E-state index contributed by atoms with van der Waals surface area (Å²) in [5.41, 5.74) is 1.18. The lowest BCUT2D eigenvalue weighted by atomic mass is 9.96. The lowest BCUT2D eigenvalue weighted by Crippen LogP contribution is -2.22. The topological polar surface area (TPSA) is 50.2 Å². The van der Waals surface area contributed by atoms with E-state index in [1.165, 1.54) is 0 Å². The summed E-state index contributed by atoms with van der Waals surface area (Å²) in [7, 11) is 0. The smallest absolute Gasteiger partial charge is 0.315 e. The number of hydrogen-bond donors (Lipinski definition) is 1. The Kier molecular flexibility index (Phi) is 2.02. The minimum atomic E-state index is -0.731. The standard InChI is InChI=1S/C11H13NO2/c1-2-8-4-3-7-12-9(8)11(5-6-11)10(13)14/h3-4,7H,2,5-6H2,1H3,(H,13,14). The van der Waals surface area contributed by atoms with Gasteiger partial charge in [-0.1, -0.05) is 13.0 Å². The first kappa shape index (κ1) is 9.19. The number of aryl methyl sites for hydroxylation is 1. The Morgan fingerprint density at radius 3 is 2.86 bits per heavy atom. The second-order valence-corrected chi connectivity index (χ2v) is 3.75. The molecule has 2 rings (SSSR count). The number of hydrogen-bond acceptors (Lipinski definition) is 2. The fourth-order valence-corrected chi connectivity index (χ4v) is 1.83. The Balaban J connectivity index is 2.46. The van der Waals surface area contributed by atoms with E-state index in [1.807, 2.05) is 19.1 Å². The maximum absolute atomic E-state index is 11.1. The molecule has 0 amide bonds. The Bertz CT molecular complexity index is 369. The normalized spacial score (nSPS) is 17.8. The third-order valence-corrected chi connectivity index (χ3v) is 2.88. The van der Waals surface area contributed by atoms with Crippen LogP contribution in [0.3, 0.4) is 0 Å². The molecule has 1 saturated carbocycles. The summed E-state index contributed by atoms with van der Waals surface area (Å²) in [4.78, 5) is 15.3. The molecule has 0 bridgehead atoms. The van der Waals surface area contributed by atoms with Crippen LogP contribution >= 0.6 is 0 Å². The molecule has 1 N–H and O–H groups in total. The minimum absolute atomic E-state index is 0.660. The second-order valence-electron chi connectivity index (χ2n) is 3.75. The quantitative estimate of drug-likeness (QED) is 0.792. The van der Waals surface area contributed by atoms with Crippen molar-refractivity contribution in [3.63, 3.8) is 0 Å². The summed E-state index contributed by atoms with van der Waals surface area (Å²) >= 11 is 0. The molecule has 0 radical (unpaired) electrons. The van der Waals surface area contributed by atoms with Crippen LogP contribution in [0.1, 0.15) is 31.0 Å². The van der Waals surface area contributed by atoms with Crippen molar-refractivity contribution in [3.8, 4) is 0 Å². The van der Waals surface area contributed by atoms with Gasteiger partial charge < -0.3 is 5.11 Å². The molecule has 1 aromatic rings. The van der Waals surface area contributed by atoms with Crippen molar-refractivity contribution in [2.45, 2.75) is 31.6 Å². The maximum atomic E-state index is 11.1. The van der Waals surface area contributed by atoms with Crippen molar-refractivity contribution < 1.29 is 9.90 Å². The van der Waals surface area contributed by atoms with E-state index in [1.54, 1.807) is 6.20 Å². The molecule has 1 fully saturated rings. The fraction of sp³-hybridized carbons (Fsp3) is 0.455. The molecule has 1 aromatic heterocycles. The molecule has 1 aliphatic carbocycles. The first-order valence-electron chi connectivity index (χ1n) is 4.88. The van der Waals surface area contributed by atoms with Crippen LogP contribution in [0.2, 0.25) is 0 Å². The van der Waals surface area contributed by atoms with E-state index in [0.29, 0.717) is 0 Å². The van der Waals surface area contributed by atoms with E-state index in [-0.39, 0.29) is 0 Å². The average molecular weight is 191 g/mol. The number of carboxylic acids is 1. The van der Waals surface area contributed by atoms with Crippen molar-refractivity contribution in [2.75, 3.05) is 0 Å². The number of rotatable bonds is 3. The molecule has 0 aromatic carbocycles. The molecule has 14 heavy (non-hydrogen) atoms. The molecule has 0 aliphatic heterocycles. The number of nitrogens with zero attached hydrogens (tertiary/aromatic N) is 1. The van der Waals surface area contributed by atoms with Gasteiger partial charge in [-0.15, -0.1) is 0 Å². The molecule has 0 atom stereocenters. The highest BCUT2D eigenvalue weighted by atomic mass is 16.4.